The third-order valence-corrected chi connectivity index (χ3v) is 6.80. The number of hydrogen-bond donors (Lipinski definition) is 0. The van der Waals surface area contributed by atoms with E-state index in [2.05, 4.69) is 14.8 Å². The van der Waals surface area contributed by atoms with Gasteiger partial charge in [-0.15, -0.1) is 0 Å². The minimum atomic E-state index is -0.231. The number of aliphatic imine (C=N–C) groups is 1. The van der Waals surface area contributed by atoms with Crippen LogP contribution in [0.2, 0.25) is 0 Å². The Kier molecular flexibility index (Phi) is 6.62. The van der Waals surface area contributed by atoms with E-state index in [1.807, 2.05) is 60.7 Å². The molecule has 2 heterocycles. The van der Waals surface area contributed by atoms with Gasteiger partial charge in [0.05, 0.1) is 4.91 Å². The molecule has 0 N–H and O–H groups in total. The van der Waals surface area contributed by atoms with Crippen LogP contribution in [0.4, 0.5) is 10.1 Å². The van der Waals surface area contributed by atoms with Crippen LogP contribution in [0.5, 0.6) is 5.75 Å². The second kappa shape index (κ2) is 10.1. The number of carbonyl (C=O) groups is 1. The Balaban J connectivity index is 1.19. The Morgan fingerprint density at radius 3 is 2.41 bits per heavy atom. The molecule has 0 aliphatic carbocycles. The fourth-order valence-corrected chi connectivity index (χ4v) is 4.89. The molecule has 1 saturated heterocycles. The van der Waals surface area contributed by atoms with Crippen molar-refractivity contribution in [1.82, 2.24) is 4.90 Å². The maximum Gasteiger partial charge on any atom is 0.286 e. The number of hydrogen-bond acceptors (Lipinski definition) is 5. The topological polar surface area (TPSA) is 45.1 Å². The van der Waals surface area contributed by atoms with E-state index in [1.54, 1.807) is 12.1 Å². The maximum atomic E-state index is 13.2. The van der Waals surface area contributed by atoms with Gasteiger partial charge in [-0.2, -0.15) is 4.99 Å². The molecule has 1 amide bonds. The third-order valence-electron chi connectivity index (χ3n) is 5.76. The van der Waals surface area contributed by atoms with Crippen molar-refractivity contribution >= 4 is 34.6 Å². The zero-order valence-electron chi connectivity index (χ0n) is 18.6. The third kappa shape index (κ3) is 5.31. The zero-order chi connectivity index (χ0) is 23.3. The summed E-state index contributed by atoms with van der Waals surface area (Å²) in [7, 11) is 0. The Labute approximate surface area is 202 Å². The Bertz CT molecular complexity index is 1220. The molecule has 3 aromatic carbocycles. The summed E-state index contributed by atoms with van der Waals surface area (Å²) in [6.07, 6.45) is 1.87. The molecule has 3 aromatic rings. The predicted molar refractivity (Wildman–Crippen MR) is 135 cm³/mol. The molecule has 0 unspecified atom stereocenters. The molecule has 5 nitrogen and oxygen atoms in total. The largest absolute Gasteiger partial charge is 0.489 e. The average molecular weight is 474 g/mol. The van der Waals surface area contributed by atoms with Crippen LogP contribution in [-0.2, 0) is 11.4 Å². The number of piperazine rings is 1. The first-order valence-electron chi connectivity index (χ1n) is 11.2. The fourth-order valence-electron chi connectivity index (χ4n) is 3.93. The van der Waals surface area contributed by atoms with Gasteiger partial charge in [0.25, 0.3) is 5.91 Å². The van der Waals surface area contributed by atoms with Gasteiger partial charge in [0.1, 0.15) is 18.2 Å². The first-order chi connectivity index (χ1) is 16.6. The van der Waals surface area contributed by atoms with Gasteiger partial charge in [0, 0.05) is 31.9 Å². The molecule has 7 heteroatoms. The highest BCUT2D eigenvalue weighted by Crippen LogP contribution is 2.31. The van der Waals surface area contributed by atoms with Crippen molar-refractivity contribution in [3.05, 3.63) is 101 Å². The second-order valence-electron chi connectivity index (χ2n) is 8.11. The summed E-state index contributed by atoms with van der Waals surface area (Å²) in [5.41, 5.74) is 3.01. The first-order valence-corrected chi connectivity index (χ1v) is 12.0. The number of carbonyl (C=O) groups excluding carboxylic acids is 1. The standard InChI is InChI=1S/C27H24FN3O2S/c28-22-9-11-23(12-10-22)30-13-15-31(16-14-30)27-29-26(32)25(34-27)18-21-7-4-8-24(17-21)33-19-20-5-2-1-3-6-20/h1-12,17-18H,13-16,19H2/b25-18-. The van der Waals surface area contributed by atoms with E-state index in [4.69, 9.17) is 4.74 Å². The van der Waals surface area contributed by atoms with Crippen molar-refractivity contribution < 1.29 is 13.9 Å². The Hall–Kier alpha value is -3.58. The lowest BCUT2D eigenvalue weighted by molar-refractivity contribution is -0.113. The van der Waals surface area contributed by atoms with Crippen LogP contribution in [0, 0.1) is 5.82 Å². The number of amidine groups is 1. The molecule has 0 bridgehead atoms. The van der Waals surface area contributed by atoms with E-state index in [1.165, 1.54) is 23.9 Å². The van der Waals surface area contributed by atoms with Gasteiger partial charge in [0.2, 0.25) is 0 Å². The lowest BCUT2D eigenvalue weighted by Gasteiger charge is -2.36. The SMILES string of the molecule is O=C1N=C(N2CCN(c3ccc(F)cc3)CC2)S/C1=C\c1cccc(OCc2ccccc2)c1. The summed E-state index contributed by atoms with van der Waals surface area (Å²) in [6, 6.07) is 24.3. The average Bonchev–Trinajstić information content (AvgIpc) is 3.24. The van der Waals surface area contributed by atoms with Crippen molar-refractivity contribution in [1.29, 1.82) is 0 Å². The summed E-state index contributed by atoms with van der Waals surface area (Å²) in [5.74, 6) is 0.313. The van der Waals surface area contributed by atoms with E-state index < -0.39 is 0 Å². The van der Waals surface area contributed by atoms with Gasteiger partial charge in [-0.05, 0) is 65.4 Å². The van der Waals surface area contributed by atoms with Crippen LogP contribution < -0.4 is 9.64 Å². The van der Waals surface area contributed by atoms with E-state index in [-0.39, 0.29) is 11.7 Å². The second-order valence-corrected chi connectivity index (χ2v) is 9.12. The highest BCUT2D eigenvalue weighted by molar-refractivity contribution is 8.18. The van der Waals surface area contributed by atoms with E-state index >= 15 is 0 Å². The number of thioether (sulfide) groups is 1. The van der Waals surface area contributed by atoms with Crippen LogP contribution >= 0.6 is 11.8 Å². The summed E-state index contributed by atoms with van der Waals surface area (Å²) in [4.78, 5) is 21.8. The van der Waals surface area contributed by atoms with Crippen LogP contribution in [0.25, 0.3) is 6.08 Å². The molecule has 0 spiro atoms. The number of benzene rings is 3. The fraction of sp³-hybridized carbons (Fsp3) is 0.185. The first kappa shape index (κ1) is 22.2. The molecule has 2 aliphatic rings. The van der Waals surface area contributed by atoms with Gasteiger partial charge < -0.3 is 14.5 Å². The zero-order valence-corrected chi connectivity index (χ0v) is 19.4. The highest BCUT2D eigenvalue weighted by Gasteiger charge is 2.28. The summed E-state index contributed by atoms with van der Waals surface area (Å²) in [5, 5.41) is 0.742. The van der Waals surface area contributed by atoms with Crippen LogP contribution in [0.3, 0.4) is 0 Å². The number of anilines is 1. The van der Waals surface area contributed by atoms with E-state index in [9.17, 15) is 9.18 Å². The van der Waals surface area contributed by atoms with Gasteiger partial charge in [-0.25, -0.2) is 4.39 Å². The number of nitrogens with zero attached hydrogens (tertiary/aromatic N) is 3. The van der Waals surface area contributed by atoms with Crippen molar-refractivity contribution in [2.24, 2.45) is 4.99 Å². The van der Waals surface area contributed by atoms with E-state index in [0.717, 1.165) is 53.9 Å². The molecule has 5 rings (SSSR count). The van der Waals surface area contributed by atoms with Crippen LogP contribution in [-0.4, -0.2) is 42.2 Å². The molecule has 1 fully saturated rings. The van der Waals surface area contributed by atoms with Crippen molar-refractivity contribution in [3.63, 3.8) is 0 Å². The lowest BCUT2D eigenvalue weighted by atomic mass is 10.2. The minimum absolute atomic E-state index is 0.212. The summed E-state index contributed by atoms with van der Waals surface area (Å²) < 4.78 is 19.1. The summed E-state index contributed by atoms with van der Waals surface area (Å²) in [6.45, 7) is 3.59. The van der Waals surface area contributed by atoms with Crippen molar-refractivity contribution in [3.8, 4) is 5.75 Å². The number of amides is 1. The number of ether oxygens (including phenoxy) is 1. The van der Waals surface area contributed by atoms with Gasteiger partial charge in [0.15, 0.2) is 5.17 Å². The Morgan fingerprint density at radius 2 is 1.65 bits per heavy atom. The Morgan fingerprint density at radius 1 is 0.912 bits per heavy atom. The quantitative estimate of drug-likeness (QED) is 0.477. The van der Waals surface area contributed by atoms with Crippen LogP contribution in [0.1, 0.15) is 11.1 Å². The molecule has 2 aliphatic heterocycles. The predicted octanol–water partition coefficient (Wildman–Crippen LogP) is 5.20. The molecule has 0 aromatic heterocycles. The highest BCUT2D eigenvalue weighted by atomic mass is 32.2. The number of halogens is 1. The van der Waals surface area contributed by atoms with Gasteiger partial charge in [-0.3, -0.25) is 4.79 Å². The molecular weight excluding hydrogens is 449 g/mol. The number of rotatable bonds is 5. The molecule has 34 heavy (non-hydrogen) atoms. The van der Waals surface area contributed by atoms with Gasteiger partial charge in [-0.1, -0.05) is 42.5 Å². The van der Waals surface area contributed by atoms with Crippen molar-refractivity contribution in [2.45, 2.75) is 6.61 Å². The molecule has 172 valence electrons. The smallest absolute Gasteiger partial charge is 0.286 e. The summed E-state index contributed by atoms with van der Waals surface area (Å²) >= 11 is 1.41. The lowest BCUT2D eigenvalue weighted by Crippen LogP contribution is -2.47. The molecule has 0 radical (unpaired) electrons. The monoisotopic (exact) mass is 473 g/mol. The molecular formula is C27H24FN3O2S. The molecule has 0 atom stereocenters. The normalized spacial score (nSPS) is 17.3. The molecule has 0 saturated carbocycles. The van der Waals surface area contributed by atoms with Gasteiger partial charge >= 0.3 is 0 Å². The van der Waals surface area contributed by atoms with Crippen molar-refractivity contribution in [2.75, 3.05) is 31.1 Å². The minimum Gasteiger partial charge on any atom is -0.489 e. The maximum absolute atomic E-state index is 13.2. The van der Waals surface area contributed by atoms with E-state index in [0.29, 0.717) is 11.5 Å². The van der Waals surface area contributed by atoms with Crippen LogP contribution in [0.15, 0.2) is 88.8 Å².